The number of aliphatic carboxylic acids is 1. The molecule has 2 fully saturated rings. The number of amides is 1. The number of nitrogens with one attached hydrogen (secondary N) is 1. The van der Waals surface area contributed by atoms with Gasteiger partial charge in [-0.15, -0.1) is 0 Å². The maximum absolute atomic E-state index is 11.8. The molecule has 0 spiro atoms. The van der Waals surface area contributed by atoms with E-state index < -0.39 is 11.6 Å². The Morgan fingerprint density at radius 2 is 1.95 bits per heavy atom. The topological polar surface area (TPSA) is 86.6 Å². The summed E-state index contributed by atoms with van der Waals surface area (Å²) in [6.07, 6.45) is 3.12. The summed E-state index contributed by atoms with van der Waals surface area (Å²) in [4.78, 5) is 22.7. The summed E-state index contributed by atoms with van der Waals surface area (Å²) in [5.41, 5.74) is -0.818. The fourth-order valence-corrected chi connectivity index (χ4v) is 3.29. The molecule has 1 amide bonds. The van der Waals surface area contributed by atoms with Gasteiger partial charge in [0.05, 0.1) is 11.5 Å². The van der Waals surface area contributed by atoms with Gasteiger partial charge in [-0.2, -0.15) is 0 Å². The molecule has 0 saturated heterocycles. The quantitative estimate of drug-likeness (QED) is 0.699. The van der Waals surface area contributed by atoms with Crippen LogP contribution in [0.2, 0.25) is 0 Å². The second-order valence-corrected chi connectivity index (χ2v) is 6.65. The number of fused-ring (bicyclic) bond motifs is 1. The third-order valence-electron chi connectivity index (χ3n) is 4.48. The van der Waals surface area contributed by atoms with Gasteiger partial charge in [0.15, 0.2) is 0 Å². The predicted octanol–water partition coefficient (Wildman–Crippen LogP) is 1.15. The Morgan fingerprint density at radius 3 is 2.53 bits per heavy atom. The molecule has 0 aromatic heterocycles. The third-order valence-corrected chi connectivity index (χ3v) is 4.48. The smallest absolute Gasteiger partial charge is 0.306 e. The van der Waals surface area contributed by atoms with Gasteiger partial charge in [-0.3, -0.25) is 9.59 Å². The molecule has 5 nitrogen and oxygen atoms in total. The van der Waals surface area contributed by atoms with E-state index >= 15 is 0 Å². The SMILES string of the molecule is CC(C)(O)CCC(=O)N[C@@H]1C[C@@H]2CC(C(=O)O)C[C@@H]21. The predicted molar refractivity (Wildman–Crippen MR) is 69.4 cm³/mol. The van der Waals surface area contributed by atoms with Crippen molar-refractivity contribution in [2.75, 3.05) is 0 Å². The first-order valence-electron chi connectivity index (χ1n) is 7.01. The van der Waals surface area contributed by atoms with E-state index in [0.717, 1.165) is 12.8 Å². The van der Waals surface area contributed by atoms with E-state index in [1.807, 2.05) is 0 Å². The summed E-state index contributed by atoms with van der Waals surface area (Å²) in [5, 5.41) is 21.6. The molecule has 0 bridgehead atoms. The van der Waals surface area contributed by atoms with E-state index in [1.54, 1.807) is 13.8 Å². The Bertz CT molecular complexity index is 374. The second-order valence-electron chi connectivity index (χ2n) is 6.65. The van der Waals surface area contributed by atoms with Crippen molar-refractivity contribution in [3.8, 4) is 0 Å². The molecule has 2 saturated carbocycles. The Morgan fingerprint density at radius 1 is 1.26 bits per heavy atom. The molecule has 1 unspecified atom stereocenters. The molecule has 0 aromatic carbocycles. The minimum absolute atomic E-state index is 0.0376. The molecule has 0 aromatic rings. The lowest BCUT2D eigenvalue weighted by molar-refractivity contribution is -0.141. The molecule has 2 aliphatic rings. The number of carbonyl (C=O) groups is 2. The van der Waals surface area contributed by atoms with Crippen molar-refractivity contribution in [1.29, 1.82) is 0 Å². The van der Waals surface area contributed by atoms with E-state index in [9.17, 15) is 14.7 Å². The first kappa shape index (κ1) is 14.3. The maximum atomic E-state index is 11.8. The van der Waals surface area contributed by atoms with Crippen LogP contribution in [-0.2, 0) is 9.59 Å². The zero-order valence-electron chi connectivity index (χ0n) is 11.6. The fourth-order valence-electron chi connectivity index (χ4n) is 3.29. The minimum Gasteiger partial charge on any atom is -0.481 e. The number of rotatable bonds is 5. The molecular weight excluding hydrogens is 246 g/mol. The van der Waals surface area contributed by atoms with E-state index in [2.05, 4.69) is 5.32 Å². The summed E-state index contributed by atoms with van der Waals surface area (Å²) in [6, 6.07) is 0.142. The van der Waals surface area contributed by atoms with Gasteiger partial charge >= 0.3 is 5.97 Å². The van der Waals surface area contributed by atoms with E-state index in [0.29, 0.717) is 31.1 Å². The van der Waals surface area contributed by atoms with Gasteiger partial charge in [0.1, 0.15) is 0 Å². The van der Waals surface area contributed by atoms with Crippen LogP contribution in [0.5, 0.6) is 0 Å². The lowest BCUT2D eigenvalue weighted by atomic mass is 9.71. The van der Waals surface area contributed by atoms with Gasteiger partial charge in [-0.05, 0) is 51.4 Å². The molecule has 3 N–H and O–H groups in total. The minimum atomic E-state index is -0.818. The van der Waals surface area contributed by atoms with Crippen LogP contribution in [0.1, 0.15) is 46.0 Å². The van der Waals surface area contributed by atoms with Crippen LogP contribution < -0.4 is 5.32 Å². The van der Waals surface area contributed by atoms with Crippen molar-refractivity contribution < 1.29 is 19.8 Å². The molecule has 19 heavy (non-hydrogen) atoms. The van der Waals surface area contributed by atoms with Crippen LogP contribution in [0.4, 0.5) is 0 Å². The lowest BCUT2D eigenvalue weighted by Crippen LogP contribution is -2.50. The molecule has 4 atom stereocenters. The Hall–Kier alpha value is -1.10. The fraction of sp³-hybridized carbons (Fsp3) is 0.857. The largest absolute Gasteiger partial charge is 0.481 e. The highest BCUT2D eigenvalue weighted by molar-refractivity contribution is 5.76. The molecule has 2 rings (SSSR count). The number of aliphatic hydroxyl groups is 1. The van der Waals surface area contributed by atoms with Crippen LogP contribution in [0.25, 0.3) is 0 Å². The number of carboxylic acid groups (broad SMARTS) is 1. The van der Waals surface area contributed by atoms with E-state index in [4.69, 9.17) is 5.11 Å². The second kappa shape index (κ2) is 5.12. The molecule has 0 heterocycles. The van der Waals surface area contributed by atoms with Gasteiger partial charge in [-0.25, -0.2) is 0 Å². The first-order valence-corrected chi connectivity index (χ1v) is 7.01. The Kier molecular flexibility index (Phi) is 3.85. The number of carbonyl (C=O) groups excluding carboxylic acids is 1. The van der Waals surface area contributed by atoms with Crippen LogP contribution in [0.15, 0.2) is 0 Å². The van der Waals surface area contributed by atoms with Gasteiger partial charge in [0.25, 0.3) is 0 Å². The van der Waals surface area contributed by atoms with Crippen LogP contribution >= 0.6 is 0 Å². The molecular formula is C14H23NO4. The summed E-state index contributed by atoms with van der Waals surface area (Å²) in [5.74, 6) is -0.160. The zero-order valence-corrected chi connectivity index (χ0v) is 11.6. The zero-order chi connectivity index (χ0) is 14.2. The van der Waals surface area contributed by atoms with Crippen LogP contribution in [0, 0.1) is 17.8 Å². The van der Waals surface area contributed by atoms with E-state index in [-0.39, 0.29) is 17.9 Å². The van der Waals surface area contributed by atoms with Gasteiger partial charge < -0.3 is 15.5 Å². The van der Waals surface area contributed by atoms with Crippen molar-refractivity contribution in [1.82, 2.24) is 5.32 Å². The number of carboxylic acids is 1. The Balaban J connectivity index is 1.74. The molecule has 2 aliphatic carbocycles. The standard InChI is InChI=1S/C14H23NO4/c1-14(2,19)4-3-12(16)15-11-7-8-5-9(13(17)18)6-10(8)11/h8-11,19H,3-7H2,1-2H3,(H,15,16)(H,17,18)/t8-,9?,10-,11+/m0/s1. The van der Waals surface area contributed by atoms with Crippen molar-refractivity contribution >= 4 is 11.9 Å². The third kappa shape index (κ3) is 3.47. The maximum Gasteiger partial charge on any atom is 0.306 e. The summed E-state index contributed by atoms with van der Waals surface area (Å²) >= 11 is 0. The highest BCUT2D eigenvalue weighted by atomic mass is 16.4. The van der Waals surface area contributed by atoms with Crippen molar-refractivity contribution in [2.24, 2.45) is 17.8 Å². The summed E-state index contributed by atoms with van der Waals surface area (Å²) in [6.45, 7) is 3.38. The molecule has 108 valence electrons. The first-order chi connectivity index (χ1) is 8.76. The summed E-state index contributed by atoms with van der Waals surface area (Å²) in [7, 11) is 0. The van der Waals surface area contributed by atoms with Crippen molar-refractivity contribution in [3.05, 3.63) is 0 Å². The van der Waals surface area contributed by atoms with Gasteiger partial charge in [0, 0.05) is 12.5 Å². The normalized spacial score (nSPS) is 33.4. The summed E-state index contributed by atoms with van der Waals surface area (Å²) < 4.78 is 0. The average Bonchev–Trinajstić information content (AvgIpc) is 2.60. The molecule has 0 aliphatic heterocycles. The average molecular weight is 269 g/mol. The van der Waals surface area contributed by atoms with Crippen LogP contribution in [-0.4, -0.2) is 33.7 Å². The monoisotopic (exact) mass is 269 g/mol. The van der Waals surface area contributed by atoms with Crippen molar-refractivity contribution in [3.63, 3.8) is 0 Å². The molecule has 0 radical (unpaired) electrons. The number of hydrogen-bond acceptors (Lipinski definition) is 3. The van der Waals surface area contributed by atoms with Gasteiger partial charge in [0.2, 0.25) is 5.91 Å². The highest BCUT2D eigenvalue weighted by Gasteiger charge is 2.49. The van der Waals surface area contributed by atoms with Crippen LogP contribution in [0.3, 0.4) is 0 Å². The molecule has 5 heteroatoms. The lowest BCUT2D eigenvalue weighted by Gasteiger charge is -2.40. The van der Waals surface area contributed by atoms with Gasteiger partial charge in [-0.1, -0.05) is 0 Å². The Labute approximate surface area is 113 Å². The number of hydrogen-bond donors (Lipinski definition) is 3. The van der Waals surface area contributed by atoms with Crippen molar-refractivity contribution in [2.45, 2.75) is 57.6 Å². The van der Waals surface area contributed by atoms with E-state index in [1.165, 1.54) is 0 Å². The highest BCUT2D eigenvalue weighted by Crippen LogP contribution is 2.49.